The van der Waals surface area contributed by atoms with E-state index in [-0.39, 0.29) is 6.61 Å². The maximum atomic E-state index is 12.9. The molecule has 0 radical (unpaired) electrons. The van der Waals surface area contributed by atoms with E-state index >= 15 is 0 Å². The zero-order chi connectivity index (χ0) is 20.8. The SMILES string of the molecule is C=C(/C=C\C(=C)C(C)C)C1=C(COCCC(F)(F)C(F)(F)F)C=C(C)CC1. The van der Waals surface area contributed by atoms with Crippen LogP contribution >= 0.6 is 0 Å². The molecule has 0 amide bonds. The van der Waals surface area contributed by atoms with Gasteiger partial charge in [-0.1, -0.05) is 56.4 Å². The van der Waals surface area contributed by atoms with Gasteiger partial charge in [0.2, 0.25) is 0 Å². The molecule has 152 valence electrons. The van der Waals surface area contributed by atoms with Crippen LogP contribution in [0, 0.1) is 5.92 Å². The van der Waals surface area contributed by atoms with Crippen molar-refractivity contribution in [2.24, 2.45) is 5.92 Å². The maximum Gasteiger partial charge on any atom is 0.453 e. The first-order valence-electron chi connectivity index (χ1n) is 8.82. The number of rotatable bonds is 9. The van der Waals surface area contributed by atoms with Gasteiger partial charge in [0, 0.05) is 6.42 Å². The van der Waals surface area contributed by atoms with Gasteiger partial charge in [-0.25, -0.2) is 0 Å². The molecular formula is C21H27F5O. The smallest absolute Gasteiger partial charge is 0.377 e. The summed E-state index contributed by atoms with van der Waals surface area (Å²) in [5, 5.41) is 0. The third kappa shape index (κ3) is 7.09. The fraction of sp³-hybridized carbons (Fsp3) is 0.524. The van der Waals surface area contributed by atoms with Crippen molar-refractivity contribution in [3.63, 3.8) is 0 Å². The van der Waals surface area contributed by atoms with E-state index in [4.69, 9.17) is 4.74 Å². The van der Waals surface area contributed by atoms with Gasteiger partial charge in [-0.2, -0.15) is 22.0 Å². The highest BCUT2D eigenvalue weighted by atomic mass is 19.4. The predicted octanol–water partition coefficient (Wildman–Crippen LogP) is 6.95. The quantitative estimate of drug-likeness (QED) is 0.235. The van der Waals surface area contributed by atoms with Crippen LogP contribution in [0.15, 0.2) is 59.3 Å². The standard InChI is InChI=1S/C21H27F5O/c1-14(2)16(4)7-8-17(5)19-9-6-15(3)12-18(19)13-27-11-10-20(22,23)21(24,25)26/h7-8,12,14H,4-6,9-11,13H2,1-3H3/b8-7-. The molecule has 0 aromatic rings. The van der Waals surface area contributed by atoms with Gasteiger partial charge in [0.25, 0.3) is 0 Å². The van der Waals surface area contributed by atoms with Crippen molar-refractivity contribution in [2.75, 3.05) is 13.2 Å². The van der Waals surface area contributed by atoms with Crippen molar-refractivity contribution in [2.45, 2.75) is 52.1 Å². The second-order valence-corrected chi connectivity index (χ2v) is 7.09. The van der Waals surface area contributed by atoms with Crippen LogP contribution in [-0.2, 0) is 4.74 Å². The van der Waals surface area contributed by atoms with Gasteiger partial charge in [0.1, 0.15) is 0 Å². The third-order valence-corrected chi connectivity index (χ3v) is 4.44. The van der Waals surface area contributed by atoms with Gasteiger partial charge in [0.15, 0.2) is 0 Å². The monoisotopic (exact) mass is 390 g/mol. The first-order valence-corrected chi connectivity index (χ1v) is 8.82. The Labute approximate surface area is 158 Å². The summed E-state index contributed by atoms with van der Waals surface area (Å²) in [5.74, 6) is -4.44. The highest BCUT2D eigenvalue weighted by molar-refractivity contribution is 5.48. The Morgan fingerprint density at radius 2 is 1.78 bits per heavy atom. The Morgan fingerprint density at radius 3 is 2.33 bits per heavy atom. The van der Waals surface area contributed by atoms with E-state index in [1.54, 1.807) is 0 Å². The number of hydrogen-bond acceptors (Lipinski definition) is 1. The molecular weight excluding hydrogens is 363 g/mol. The molecule has 6 heteroatoms. The van der Waals surface area contributed by atoms with Crippen molar-refractivity contribution in [1.29, 1.82) is 0 Å². The second-order valence-electron chi connectivity index (χ2n) is 7.09. The summed E-state index contributed by atoms with van der Waals surface area (Å²) in [6.07, 6.45) is 0.228. The Balaban J connectivity index is 2.78. The van der Waals surface area contributed by atoms with Crippen molar-refractivity contribution in [3.05, 3.63) is 59.3 Å². The predicted molar refractivity (Wildman–Crippen MR) is 98.7 cm³/mol. The van der Waals surface area contributed by atoms with Crippen molar-refractivity contribution >= 4 is 0 Å². The van der Waals surface area contributed by atoms with Crippen LogP contribution in [0.25, 0.3) is 0 Å². The summed E-state index contributed by atoms with van der Waals surface area (Å²) >= 11 is 0. The molecule has 0 spiro atoms. The van der Waals surface area contributed by atoms with Crippen molar-refractivity contribution in [3.8, 4) is 0 Å². The molecule has 0 aliphatic heterocycles. The Morgan fingerprint density at radius 1 is 1.15 bits per heavy atom. The number of alkyl halides is 5. The van der Waals surface area contributed by atoms with Gasteiger partial charge in [-0.15, -0.1) is 0 Å². The molecule has 1 aliphatic carbocycles. The molecule has 0 saturated carbocycles. The van der Waals surface area contributed by atoms with Crippen LogP contribution < -0.4 is 0 Å². The van der Waals surface area contributed by atoms with E-state index < -0.39 is 25.1 Å². The zero-order valence-electron chi connectivity index (χ0n) is 16.1. The fourth-order valence-corrected chi connectivity index (χ4v) is 2.46. The van der Waals surface area contributed by atoms with E-state index in [1.807, 2.05) is 39.0 Å². The molecule has 0 bridgehead atoms. The van der Waals surface area contributed by atoms with Crippen LogP contribution in [0.4, 0.5) is 22.0 Å². The summed E-state index contributed by atoms with van der Waals surface area (Å²) in [4.78, 5) is 0. The van der Waals surface area contributed by atoms with E-state index in [0.29, 0.717) is 5.92 Å². The molecule has 1 rings (SSSR count). The fourth-order valence-electron chi connectivity index (χ4n) is 2.46. The first-order chi connectivity index (χ1) is 12.3. The molecule has 27 heavy (non-hydrogen) atoms. The summed E-state index contributed by atoms with van der Waals surface area (Å²) in [5.41, 5.74) is 4.50. The lowest BCUT2D eigenvalue weighted by Crippen LogP contribution is -2.37. The van der Waals surface area contributed by atoms with Crippen LogP contribution in [0.5, 0.6) is 0 Å². The Hall–Kier alpha value is -1.69. The molecule has 1 nitrogen and oxygen atoms in total. The minimum absolute atomic E-state index is 0.0292. The molecule has 1 aliphatic rings. The van der Waals surface area contributed by atoms with Gasteiger partial charge in [0.05, 0.1) is 13.2 Å². The zero-order valence-corrected chi connectivity index (χ0v) is 16.1. The van der Waals surface area contributed by atoms with Gasteiger partial charge >= 0.3 is 12.1 Å². The minimum atomic E-state index is -5.56. The second kappa shape index (κ2) is 9.49. The van der Waals surface area contributed by atoms with Crippen molar-refractivity contribution < 1.29 is 26.7 Å². The normalized spacial score (nSPS) is 16.3. The summed E-state index contributed by atoms with van der Waals surface area (Å²) < 4.78 is 67.6. The minimum Gasteiger partial charge on any atom is -0.377 e. The molecule has 0 saturated heterocycles. The lowest BCUT2D eigenvalue weighted by Gasteiger charge is -2.21. The average Bonchev–Trinajstić information content (AvgIpc) is 2.55. The number of halogens is 5. The van der Waals surface area contributed by atoms with Crippen LogP contribution in [-0.4, -0.2) is 25.3 Å². The number of ether oxygens (including phenoxy) is 1. The summed E-state index contributed by atoms with van der Waals surface area (Å²) in [7, 11) is 0. The Bertz CT molecular complexity index is 648. The van der Waals surface area contributed by atoms with Crippen molar-refractivity contribution in [1.82, 2.24) is 0 Å². The molecule has 0 N–H and O–H groups in total. The van der Waals surface area contributed by atoms with Crippen LogP contribution in [0.2, 0.25) is 0 Å². The van der Waals surface area contributed by atoms with Gasteiger partial charge in [-0.3, -0.25) is 0 Å². The molecule has 0 aromatic heterocycles. The molecule has 0 atom stereocenters. The Kier molecular flexibility index (Phi) is 8.21. The van der Waals surface area contributed by atoms with E-state index in [1.165, 1.54) is 0 Å². The molecule has 0 heterocycles. The lowest BCUT2D eigenvalue weighted by molar-refractivity contribution is -0.286. The summed E-state index contributed by atoms with van der Waals surface area (Å²) in [6.45, 7) is 13.3. The number of hydrogen-bond donors (Lipinski definition) is 0. The topological polar surface area (TPSA) is 9.23 Å². The third-order valence-electron chi connectivity index (χ3n) is 4.44. The molecule has 0 unspecified atom stereocenters. The first kappa shape index (κ1) is 23.3. The van der Waals surface area contributed by atoms with Gasteiger partial charge in [-0.05, 0) is 42.4 Å². The number of allylic oxidation sites excluding steroid dienone is 6. The van der Waals surface area contributed by atoms with E-state index in [9.17, 15) is 22.0 Å². The van der Waals surface area contributed by atoms with E-state index in [0.717, 1.165) is 40.7 Å². The molecule has 0 fully saturated rings. The highest BCUT2D eigenvalue weighted by Gasteiger charge is 2.56. The van der Waals surface area contributed by atoms with Crippen LogP contribution in [0.1, 0.15) is 40.0 Å². The average molecular weight is 390 g/mol. The van der Waals surface area contributed by atoms with Gasteiger partial charge < -0.3 is 4.74 Å². The lowest BCUT2D eigenvalue weighted by atomic mass is 9.88. The molecule has 0 aromatic carbocycles. The van der Waals surface area contributed by atoms with E-state index in [2.05, 4.69) is 13.2 Å². The highest BCUT2D eigenvalue weighted by Crippen LogP contribution is 2.38. The van der Waals surface area contributed by atoms with Crippen LogP contribution in [0.3, 0.4) is 0 Å². The largest absolute Gasteiger partial charge is 0.453 e. The summed E-state index contributed by atoms with van der Waals surface area (Å²) in [6, 6.07) is 0. The maximum absolute atomic E-state index is 12.9.